The minimum absolute atomic E-state index is 0. The summed E-state index contributed by atoms with van der Waals surface area (Å²) in [5, 5.41) is 11.1. The molecule has 0 spiro atoms. The van der Waals surface area contributed by atoms with E-state index in [9.17, 15) is 14.7 Å². The second-order valence-corrected chi connectivity index (χ2v) is 6.47. The largest absolute Gasteiger partial charge is 1.00 e. The number of benzene rings is 2. The summed E-state index contributed by atoms with van der Waals surface area (Å²) in [5.41, 5.74) is 4.59. The first kappa shape index (κ1) is 18.6. The van der Waals surface area contributed by atoms with Crippen LogP contribution in [0.4, 0.5) is 4.79 Å². The van der Waals surface area contributed by atoms with Crippen molar-refractivity contribution in [2.24, 2.45) is 0 Å². The summed E-state index contributed by atoms with van der Waals surface area (Å²) < 4.78 is 5.50. The monoisotopic (exact) mass is 343 g/mol. The molecule has 1 unspecified atom stereocenters. The summed E-state index contributed by atoms with van der Waals surface area (Å²) in [7, 11) is 0. The average Bonchev–Trinajstić information content (AvgIpc) is 3.23. The normalized spacial score (nSPS) is 18.0. The van der Waals surface area contributed by atoms with Crippen molar-refractivity contribution < 1.29 is 38.3 Å². The van der Waals surface area contributed by atoms with E-state index in [0.717, 1.165) is 22.3 Å². The second kappa shape index (κ2) is 7.57. The third kappa shape index (κ3) is 3.13. The molecule has 1 heterocycles. The van der Waals surface area contributed by atoms with E-state index in [1.807, 2.05) is 36.4 Å². The SMILES string of the molecule is O=C([O-])C1CCCN1C(=O)OCC1c2ccccc2-c2ccccc21.[Li+]. The summed E-state index contributed by atoms with van der Waals surface area (Å²) in [6.45, 7) is 0.596. The Bertz CT molecular complexity index is 793. The first-order chi connectivity index (χ1) is 12.2. The Labute approximate surface area is 164 Å². The molecular formula is C20H18LiNO4. The van der Waals surface area contributed by atoms with Crippen LogP contribution in [0.5, 0.6) is 0 Å². The Morgan fingerprint density at radius 1 is 1.04 bits per heavy atom. The van der Waals surface area contributed by atoms with Crippen molar-refractivity contribution in [3.63, 3.8) is 0 Å². The molecule has 1 aliphatic heterocycles. The molecule has 1 aliphatic carbocycles. The maximum Gasteiger partial charge on any atom is 1.00 e. The molecule has 0 N–H and O–H groups in total. The molecule has 6 heteroatoms. The van der Waals surface area contributed by atoms with Crippen molar-refractivity contribution in [1.82, 2.24) is 4.90 Å². The standard InChI is InChI=1S/C20H19NO4.Li/c22-19(23)18-10-5-11-21(18)20(24)25-12-17-15-8-3-1-6-13(15)14-7-2-4-9-16(14)17;/h1-4,6-9,17-18H,5,10-12H2,(H,22,23);/q;+1/p-1. The van der Waals surface area contributed by atoms with Gasteiger partial charge in [0.25, 0.3) is 0 Å². The zero-order chi connectivity index (χ0) is 17.4. The fourth-order valence-corrected chi connectivity index (χ4v) is 3.91. The van der Waals surface area contributed by atoms with Crippen molar-refractivity contribution in [2.45, 2.75) is 24.8 Å². The molecule has 1 saturated heterocycles. The van der Waals surface area contributed by atoms with Crippen LogP contribution in [0.15, 0.2) is 48.5 Å². The van der Waals surface area contributed by atoms with Crippen LogP contribution >= 0.6 is 0 Å². The number of hydrogen-bond donors (Lipinski definition) is 0. The van der Waals surface area contributed by atoms with Gasteiger partial charge in [-0.15, -0.1) is 0 Å². The third-order valence-electron chi connectivity index (χ3n) is 5.10. The first-order valence-electron chi connectivity index (χ1n) is 8.49. The van der Waals surface area contributed by atoms with Crippen LogP contribution in [0.1, 0.15) is 29.9 Å². The molecule has 4 rings (SSSR count). The van der Waals surface area contributed by atoms with Crippen LogP contribution in [0.25, 0.3) is 11.1 Å². The van der Waals surface area contributed by atoms with Gasteiger partial charge in [-0.1, -0.05) is 48.5 Å². The molecule has 2 aromatic carbocycles. The number of carboxylic acids is 1. The summed E-state index contributed by atoms with van der Waals surface area (Å²) in [5.74, 6) is -1.24. The van der Waals surface area contributed by atoms with Crippen molar-refractivity contribution in [1.29, 1.82) is 0 Å². The zero-order valence-corrected chi connectivity index (χ0v) is 14.7. The van der Waals surface area contributed by atoms with Gasteiger partial charge in [0.15, 0.2) is 0 Å². The fraction of sp³-hybridized carbons (Fsp3) is 0.300. The van der Waals surface area contributed by atoms with Crippen LogP contribution in [-0.2, 0) is 9.53 Å². The Hall–Kier alpha value is -2.22. The van der Waals surface area contributed by atoms with Gasteiger partial charge in [0.1, 0.15) is 6.61 Å². The van der Waals surface area contributed by atoms with E-state index in [0.29, 0.717) is 19.4 Å². The van der Waals surface area contributed by atoms with Crippen LogP contribution in [0.2, 0.25) is 0 Å². The van der Waals surface area contributed by atoms with E-state index >= 15 is 0 Å². The van der Waals surface area contributed by atoms with E-state index in [1.165, 1.54) is 4.90 Å². The molecule has 26 heavy (non-hydrogen) atoms. The Balaban J connectivity index is 0.00000196. The van der Waals surface area contributed by atoms with Crippen LogP contribution in [0.3, 0.4) is 0 Å². The summed E-state index contributed by atoms with van der Waals surface area (Å²) in [4.78, 5) is 24.8. The third-order valence-corrected chi connectivity index (χ3v) is 5.10. The Morgan fingerprint density at radius 2 is 1.62 bits per heavy atom. The van der Waals surface area contributed by atoms with Crippen LogP contribution in [0, 0.1) is 0 Å². The molecule has 1 amide bonds. The van der Waals surface area contributed by atoms with E-state index in [4.69, 9.17) is 4.74 Å². The molecule has 0 radical (unpaired) electrons. The number of carboxylic acid groups (broad SMARTS) is 1. The van der Waals surface area contributed by atoms with Crippen molar-refractivity contribution in [3.05, 3.63) is 59.7 Å². The topological polar surface area (TPSA) is 69.7 Å². The average molecular weight is 343 g/mol. The van der Waals surface area contributed by atoms with Gasteiger partial charge in [-0.05, 0) is 35.1 Å². The number of ether oxygens (including phenoxy) is 1. The quantitative estimate of drug-likeness (QED) is 0.681. The van der Waals surface area contributed by atoms with Crippen molar-refractivity contribution in [3.8, 4) is 11.1 Å². The predicted molar refractivity (Wildman–Crippen MR) is 89.8 cm³/mol. The molecule has 0 saturated carbocycles. The van der Waals surface area contributed by atoms with Gasteiger partial charge in [-0.2, -0.15) is 0 Å². The molecule has 1 atom stereocenters. The maximum absolute atomic E-state index is 12.4. The van der Waals surface area contributed by atoms with Gasteiger partial charge in [-0.25, -0.2) is 4.79 Å². The van der Waals surface area contributed by atoms with E-state index in [2.05, 4.69) is 12.1 Å². The predicted octanol–water partition coefficient (Wildman–Crippen LogP) is -0.846. The van der Waals surface area contributed by atoms with Gasteiger partial charge in [-0.3, -0.25) is 4.90 Å². The van der Waals surface area contributed by atoms with Crippen LogP contribution < -0.4 is 24.0 Å². The van der Waals surface area contributed by atoms with Crippen LogP contribution in [-0.4, -0.2) is 36.2 Å². The molecule has 5 nitrogen and oxygen atoms in total. The molecule has 128 valence electrons. The molecular weight excluding hydrogens is 325 g/mol. The molecule has 1 fully saturated rings. The van der Waals surface area contributed by atoms with E-state index in [-0.39, 0.29) is 31.4 Å². The van der Waals surface area contributed by atoms with E-state index < -0.39 is 18.1 Å². The molecule has 0 bridgehead atoms. The summed E-state index contributed by atoms with van der Waals surface area (Å²) in [6, 6.07) is 15.3. The number of fused-ring (bicyclic) bond motifs is 3. The number of hydrogen-bond acceptors (Lipinski definition) is 4. The molecule has 2 aliphatic rings. The van der Waals surface area contributed by atoms with Gasteiger partial charge in [0.2, 0.25) is 0 Å². The fourth-order valence-electron chi connectivity index (χ4n) is 3.91. The first-order valence-corrected chi connectivity index (χ1v) is 8.49. The Kier molecular flexibility index (Phi) is 5.40. The van der Waals surface area contributed by atoms with E-state index in [1.54, 1.807) is 0 Å². The Morgan fingerprint density at radius 3 is 2.19 bits per heavy atom. The summed E-state index contributed by atoms with van der Waals surface area (Å²) >= 11 is 0. The number of rotatable bonds is 3. The zero-order valence-electron chi connectivity index (χ0n) is 14.7. The maximum atomic E-state index is 12.4. The molecule has 2 aromatic rings. The van der Waals surface area contributed by atoms with Gasteiger partial charge < -0.3 is 14.6 Å². The number of aliphatic carboxylic acids is 1. The number of nitrogens with zero attached hydrogens (tertiary/aromatic N) is 1. The second-order valence-electron chi connectivity index (χ2n) is 6.47. The molecule has 0 aromatic heterocycles. The van der Waals surface area contributed by atoms with Gasteiger partial charge >= 0.3 is 25.0 Å². The number of carbonyl (C=O) groups excluding carboxylic acids is 2. The van der Waals surface area contributed by atoms with Gasteiger partial charge in [0.05, 0.1) is 12.0 Å². The number of carbonyl (C=O) groups is 2. The van der Waals surface area contributed by atoms with Crippen molar-refractivity contribution in [2.75, 3.05) is 13.2 Å². The number of amides is 1. The smallest absolute Gasteiger partial charge is 0.548 e. The summed E-state index contributed by atoms with van der Waals surface area (Å²) in [6.07, 6.45) is 0.503. The van der Waals surface area contributed by atoms with Crippen molar-refractivity contribution >= 4 is 12.1 Å². The number of likely N-dealkylation sites (tertiary alicyclic amines) is 1. The minimum atomic E-state index is -1.22. The van der Waals surface area contributed by atoms with Gasteiger partial charge in [0, 0.05) is 12.5 Å². The minimum Gasteiger partial charge on any atom is -0.548 e.